The van der Waals surface area contributed by atoms with Gasteiger partial charge in [0.1, 0.15) is 5.69 Å². The van der Waals surface area contributed by atoms with Crippen LogP contribution in [0.4, 0.5) is 5.69 Å². The van der Waals surface area contributed by atoms with Gasteiger partial charge in [-0.15, -0.1) is 0 Å². The van der Waals surface area contributed by atoms with Crippen molar-refractivity contribution in [2.75, 3.05) is 38.1 Å². The maximum atomic E-state index is 12.4. The van der Waals surface area contributed by atoms with Gasteiger partial charge in [0.05, 0.1) is 11.9 Å². The first-order valence-electron chi connectivity index (χ1n) is 8.93. The molecule has 1 amide bonds. The number of carbonyl (C=O) groups excluding carboxylic acids is 1. The SMILES string of the molecule is CN1CCN(c2ccc(C(=O)NC3CCCCCC3)nc2)CC1. The van der Waals surface area contributed by atoms with E-state index in [2.05, 4.69) is 27.1 Å². The molecular formula is C18H28N4O. The van der Waals surface area contributed by atoms with E-state index >= 15 is 0 Å². The summed E-state index contributed by atoms with van der Waals surface area (Å²) in [5, 5.41) is 3.16. The molecule has 5 heteroatoms. The second-order valence-electron chi connectivity index (χ2n) is 6.85. The molecule has 1 aromatic heterocycles. The molecule has 1 saturated heterocycles. The van der Waals surface area contributed by atoms with Gasteiger partial charge in [0.25, 0.3) is 5.91 Å². The second kappa shape index (κ2) is 7.77. The van der Waals surface area contributed by atoms with Crippen molar-refractivity contribution in [2.45, 2.75) is 44.6 Å². The van der Waals surface area contributed by atoms with Crippen LogP contribution >= 0.6 is 0 Å². The molecule has 2 heterocycles. The molecule has 1 aliphatic heterocycles. The van der Waals surface area contributed by atoms with Crippen LogP contribution in [0.1, 0.15) is 49.0 Å². The molecule has 5 nitrogen and oxygen atoms in total. The molecule has 1 N–H and O–H groups in total. The monoisotopic (exact) mass is 316 g/mol. The molecule has 0 unspecified atom stereocenters. The van der Waals surface area contributed by atoms with Gasteiger partial charge in [-0.05, 0) is 32.0 Å². The Morgan fingerprint density at radius 1 is 1.09 bits per heavy atom. The molecule has 1 aliphatic carbocycles. The molecule has 2 aliphatic rings. The van der Waals surface area contributed by atoms with Gasteiger partial charge in [-0.1, -0.05) is 25.7 Å². The van der Waals surface area contributed by atoms with Crippen LogP contribution in [0.5, 0.6) is 0 Å². The first kappa shape index (κ1) is 16.2. The highest BCUT2D eigenvalue weighted by molar-refractivity contribution is 5.92. The first-order valence-corrected chi connectivity index (χ1v) is 8.93. The highest BCUT2D eigenvalue weighted by Gasteiger charge is 2.18. The van der Waals surface area contributed by atoms with Gasteiger partial charge in [0, 0.05) is 32.2 Å². The van der Waals surface area contributed by atoms with Crippen molar-refractivity contribution in [3.05, 3.63) is 24.0 Å². The predicted molar refractivity (Wildman–Crippen MR) is 92.9 cm³/mol. The summed E-state index contributed by atoms with van der Waals surface area (Å²) in [5.41, 5.74) is 1.65. The highest BCUT2D eigenvalue weighted by atomic mass is 16.1. The number of pyridine rings is 1. The third-order valence-electron chi connectivity index (χ3n) is 5.04. The number of hydrogen-bond donors (Lipinski definition) is 1. The van der Waals surface area contributed by atoms with Gasteiger partial charge in [0.15, 0.2) is 0 Å². The number of rotatable bonds is 3. The van der Waals surface area contributed by atoms with E-state index < -0.39 is 0 Å². The zero-order valence-corrected chi connectivity index (χ0v) is 14.1. The van der Waals surface area contributed by atoms with Crippen molar-refractivity contribution in [1.29, 1.82) is 0 Å². The van der Waals surface area contributed by atoms with Gasteiger partial charge in [0.2, 0.25) is 0 Å². The summed E-state index contributed by atoms with van der Waals surface area (Å²) in [7, 11) is 2.15. The van der Waals surface area contributed by atoms with E-state index in [0.717, 1.165) is 44.7 Å². The first-order chi connectivity index (χ1) is 11.2. The van der Waals surface area contributed by atoms with E-state index in [1.54, 1.807) is 0 Å². The summed E-state index contributed by atoms with van der Waals surface area (Å²) < 4.78 is 0. The Morgan fingerprint density at radius 3 is 2.39 bits per heavy atom. The zero-order valence-electron chi connectivity index (χ0n) is 14.1. The lowest BCUT2D eigenvalue weighted by Crippen LogP contribution is -2.44. The Hall–Kier alpha value is -1.62. The quantitative estimate of drug-likeness (QED) is 0.869. The minimum absolute atomic E-state index is 0.0261. The molecule has 0 atom stereocenters. The minimum atomic E-state index is -0.0261. The molecule has 2 fully saturated rings. The van der Waals surface area contributed by atoms with Crippen molar-refractivity contribution < 1.29 is 4.79 Å². The average Bonchev–Trinajstić information content (AvgIpc) is 2.84. The molecule has 23 heavy (non-hydrogen) atoms. The van der Waals surface area contributed by atoms with Gasteiger partial charge >= 0.3 is 0 Å². The number of carbonyl (C=O) groups is 1. The molecule has 0 radical (unpaired) electrons. The Labute approximate surface area is 139 Å². The minimum Gasteiger partial charge on any atom is -0.368 e. The van der Waals surface area contributed by atoms with Gasteiger partial charge in [-0.25, -0.2) is 4.98 Å². The lowest BCUT2D eigenvalue weighted by molar-refractivity contribution is 0.0928. The smallest absolute Gasteiger partial charge is 0.270 e. The van der Waals surface area contributed by atoms with Crippen LogP contribution in [0.2, 0.25) is 0 Å². The summed E-state index contributed by atoms with van der Waals surface area (Å²) in [5.74, 6) is -0.0261. The molecule has 126 valence electrons. The number of nitrogens with one attached hydrogen (secondary N) is 1. The fraction of sp³-hybridized carbons (Fsp3) is 0.667. The van der Waals surface area contributed by atoms with Crippen molar-refractivity contribution in [1.82, 2.24) is 15.2 Å². The lowest BCUT2D eigenvalue weighted by Gasteiger charge is -2.33. The second-order valence-corrected chi connectivity index (χ2v) is 6.85. The fourth-order valence-electron chi connectivity index (χ4n) is 3.46. The number of hydrogen-bond acceptors (Lipinski definition) is 4. The maximum absolute atomic E-state index is 12.4. The largest absolute Gasteiger partial charge is 0.368 e. The number of nitrogens with zero attached hydrogens (tertiary/aromatic N) is 3. The number of amides is 1. The number of likely N-dealkylation sites (N-methyl/N-ethyl adjacent to an activating group) is 1. The Bertz CT molecular complexity index is 500. The van der Waals surface area contributed by atoms with E-state index in [9.17, 15) is 4.79 Å². The standard InChI is InChI=1S/C18H28N4O/c1-21-10-12-22(13-11-21)16-8-9-17(19-14-16)18(23)20-15-6-4-2-3-5-7-15/h8-9,14-15H,2-7,10-13H2,1H3,(H,20,23). The third-order valence-corrected chi connectivity index (χ3v) is 5.04. The van der Waals surface area contributed by atoms with Crippen molar-refractivity contribution in [3.63, 3.8) is 0 Å². The Morgan fingerprint density at radius 2 is 1.78 bits per heavy atom. The van der Waals surface area contributed by atoms with Gasteiger partial charge < -0.3 is 15.1 Å². The molecular weight excluding hydrogens is 288 g/mol. The summed E-state index contributed by atoms with van der Waals surface area (Å²) in [4.78, 5) is 21.4. The molecule has 1 saturated carbocycles. The summed E-state index contributed by atoms with van der Waals surface area (Å²) in [6, 6.07) is 4.21. The molecule has 0 spiro atoms. The highest BCUT2D eigenvalue weighted by Crippen LogP contribution is 2.18. The number of piperazine rings is 1. The van der Waals surface area contributed by atoms with Crippen LogP contribution in [-0.2, 0) is 0 Å². The topological polar surface area (TPSA) is 48.5 Å². The normalized spacial score (nSPS) is 21.0. The van der Waals surface area contributed by atoms with Crippen LogP contribution in [0.3, 0.4) is 0 Å². The van der Waals surface area contributed by atoms with Crippen molar-refractivity contribution >= 4 is 11.6 Å². The summed E-state index contributed by atoms with van der Waals surface area (Å²) >= 11 is 0. The lowest BCUT2D eigenvalue weighted by atomic mass is 10.1. The van der Waals surface area contributed by atoms with E-state index in [-0.39, 0.29) is 5.91 Å². The predicted octanol–water partition coefficient (Wildman–Crippen LogP) is 2.29. The van der Waals surface area contributed by atoms with E-state index in [1.807, 2.05) is 18.3 Å². The van der Waals surface area contributed by atoms with Crippen LogP contribution < -0.4 is 10.2 Å². The van der Waals surface area contributed by atoms with Crippen LogP contribution in [-0.4, -0.2) is 55.1 Å². The van der Waals surface area contributed by atoms with E-state index in [4.69, 9.17) is 0 Å². The molecule has 0 aromatic carbocycles. The van der Waals surface area contributed by atoms with Crippen molar-refractivity contribution in [2.24, 2.45) is 0 Å². The molecule has 3 rings (SSSR count). The summed E-state index contributed by atoms with van der Waals surface area (Å²) in [6.45, 7) is 4.19. The Kier molecular flexibility index (Phi) is 5.49. The zero-order chi connectivity index (χ0) is 16.1. The third kappa shape index (κ3) is 4.44. The summed E-state index contributed by atoms with van der Waals surface area (Å²) in [6.07, 6.45) is 9.08. The van der Waals surface area contributed by atoms with Gasteiger partial charge in [-0.3, -0.25) is 4.79 Å². The van der Waals surface area contributed by atoms with Gasteiger partial charge in [-0.2, -0.15) is 0 Å². The average molecular weight is 316 g/mol. The maximum Gasteiger partial charge on any atom is 0.270 e. The molecule has 1 aromatic rings. The van der Waals surface area contributed by atoms with Crippen LogP contribution in [0, 0.1) is 0 Å². The van der Waals surface area contributed by atoms with E-state index in [0.29, 0.717) is 11.7 Å². The van der Waals surface area contributed by atoms with Crippen LogP contribution in [0.15, 0.2) is 18.3 Å². The van der Waals surface area contributed by atoms with Crippen LogP contribution in [0.25, 0.3) is 0 Å². The number of aromatic nitrogens is 1. The van der Waals surface area contributed by atoms with E-state index in [1.165, 1.54) is 25.7 Å². The molecule has 0 bridgehead atoms. The number of anilines is 1. The van der Waals surface area contributed by atoms with Crippen molar-refractivity contribution in [3.8, 4) is 0 Å². The fourth-order valence-corrected chi connectivity index (χ4v) is 3.46. The Balaban J connectivity index is 1.56.